The summed E-state index contributed by atoms with van der Waals surface area (Å²) in [5.41, 5.74) is 2.48. The van der Waals surface area contributed by atoms with Crippen molar-refractivity contribution in [3.05, 3.63) is 29.8 Å². The van der Waals surface area contributed by atoms with Gasteiger partial charge in [-0.25, -0.2) is 0 Å². The first-order chi connectivity index (χ1) is 8.86. The molecular formula is C15H23NO2. The standard InChI is InChI=1S/C15H23NO2/c1-13-4-2-3-5-15(13)16-8-11-18-12-14-6-9-17-10-7-14/h2-5,14,16H,6-12H2,1H3. The van der Waals surface area contributed by atoms with Gasteiger partial charge in [-0.1, -0.05) is 18.2 Å². The maximum atomic E-state index is 5.72. The number of rotatable bonds is 6. The molecule has 1 N–H and O–H groups in total. The lowest BCUT2D eigenvalue weighted by molar-refractivity contribution is 0.0231. The molecule has 0 aliphatic carbocycles. The lowest BCUT2D eigenvalue weighted by Crippen LogP contribution is -2.21. The highest BCUT2D eigenvalue weighted by Crippen LogP contribution is 2.15. The first kappa shape index (κ1) is 13.4. The summed E-state index contributed by atoms with van der Waals surface area (Å²) in [6, 6.07) is 8.33. The van der Waals surface area contributed by atoms with Crippen molar-refractivity contribution in [2.75, 3.05) is 38.3 Å². The summed E-state index contributed by atoms with van der Waals surface area (Å²) < 4.78 is 11.0. The molecule has 0 radical (unpaired) electrons. The highest BCUT2D eigenvalue weighted by molar-refractivity contribution is 5.50. The van der Waals surface area contributed by atoms with Gasteiger partial charge >= 0.3 is 0 Å². The van der Waals surface area contributed by atoms with Crippen LogP contribution >= 0.6 is 0 Å². The number of anilines is 1. The number of benzene rings is 1. The fraction of sp³-hybridized carbons (Fsp3) is 0.600. The van der Waals surface area contributed by atoms with Crippen molar-refractivity contribution in [3.63, 3.8) is 0 Å². The molecule has 1 heterocycles. The lowest BCUT2D eigenvalue weighted by Gasteiger charge is -2.21. The summed E-state index contributed by atoms with van der Waals surface area (Å²) in [5.74, 6) is 0.692. The summed E-state index contributed by atoms with van der Waals surface area (Å²) in [6.45, 7) is 6.43. The molecule has 1 fully saturated rings. The Bertz CT molecular complexity index is 348. The lowest BCUT2D eigenvalue weighted by atomic mass is 10.0. The van der Waals surface area contributed by atoms with Crippen LogP contribution in [-0.4, -0.2) is 33.0 Å². The predicted molar refractivity (Wildman–Crippen MR) is 74.0 cm³/mol. The van der Waals surface area contributed by atoms with Crippen LogP contribution in [0.5, 0.6) is 0 Å². The second-order valence-corrected chi connectivity index (χ2v) is 4.87. The Morgan fingerprint density at radius 3 is 2.83 bits per heavy atom. The van der Waals surface area contributed by atoms with Gasteiger partial charge in [-0.15, -0.1) is 0 Å². The zero-order valence-electron chi connectivity index (χ0n) is 11.2. The third kappa shape index (κ3) is 4.31. The largest absolute Gasteiger partial charge is 0.383 e. The van der Waals surface area contributed by atoms with E-state index in [1.807, 2.05) is 0 Å². The van der Waals surface area contributed by atoms with Crippen molar-refractivity contribution in [3.8, 4) is 0 Å². The molecule has 3 nitrogen and oxygen atoms in total. The van der Waals surface area contributed by atoms with Gasteiger partial charge in [0.1, 0.15) is 0 Å². The molecule has 2 rings (SSSR count). The average molecular weight is 249 g/mol. The number of aryl methyl sites for hydroxylation is 1. The molecular weight excluding hydrogens is 226 g/mol. The van der Waals surface area contributed by atoms with Crippen LogP contribution < -0.4 is 5.32 Å². The van der Waals surface area contributed by atoms with Crippen LogP contribution in [0.25, 0.3) is 0 Å². The van der Waals surface area contributed by atoms with Crippen molar-refractivity contribution in [2.24, 2.45) is 5.92 Å². The fourth-order valence-electron chi connectivity index (χ4n) is 2.19. The Balaban J connectivity index is 1.57. The SMILES string of the molecule is Cc1ccccc1NCCOCC1CCOCC1. The molecule has 0 saturated carbocycles. The van der Waals surface area contributed by atoms with Gasteiger partial charge in [-0.2, -0.15) is 0 Å². The van der Waals surface area contributed by atoms with E-state index in [9.17, 15) is 0 Å². The molecule has 1 aromatic rings. The zero-order chi connectivity index (χ0) is 12.6. The number of para-hydroxylation sites is 1. The van der Waals surface area contributed by atoms with Crippen LogP contribution in [0.3, 0.4) is 0 Å². The van der Waals surface area contributed by atoms with Gasteiger partial charge in [-0.3, -0.25) is 0 Å². The van der Waals surface area contributed by atoms with E-state index in [1.165, 1.54) is 11.3 Å². The molecule has 100 valence electrons. The summed E-state index contributed by atoms with van der Waals surface area (Å²) in [7, 11) is 0. The van der Waals surface area contributed by atoms with E-state index in [0.717, 1.165) is 45.8 Å². The number of hydrogen-bond donors (Lipinski definition) is 1. The molecule has 0 spiro atoms. The maximum absolute atomic E-state index is 5.72. The van der Waals surface area contributed by atoms with E-state index in [2.05, 4.69) is 36.5 Å². The normalized spacial score (nSPS) is 16.7. The molecule has 1 aliphatic heterocycles. The smallest absolute Gasteiger partial charge is 0.0639 e. The van der Waals surface area contributed by atoms with E-state index in [1.54, 1.807) is 0 Å². The minimum atomic E-state index is 0.692. The van der Waals surface area contributed by atoms with Crippen molar-refractivity contribution in [1.82, 2.24) is 0 Å². The summed E-state index contributed by atoms with van der Waals surface area (Å²) in [6.07, 6.45) is 2.29. The topological polar surface area (TPSA) is 30.5 Å². The second kappa shape index (κ2) is 7.39. The van der Waals surface area contributed by atoms with Gasteiger partial charge in [0, 0.05) is 32.1 Å². The van der Waals surface area contributed by atoms with Crippen molar-refractivity contribution >= 4 is 5.69 Å². The van der Waals surface area contributed by atoms with Crippen molar-refractivity contribution < 1.29 is 9.47 Å². The van der Waals surface area contributed by atoms with Gasteiger partial charge in [0.2, 0.25) is 0 Å². The molecule has 3 heteroatoms. The van der Waals surface area contributed by atoms with Crippen LogP contribution in [0.4, 0.5) is 5.69 Å². The number of nitrogens with one attached hydrogen (secondary N) is 1. The quantitative estimate of drug-likeness (QED) is 0.786. The third-order valence-electron chi connectivity index (χ3n) is 3.40. The van der Waals surface area contributed by atoms with E-state index >= 15 is 0 Å². The minimum absolute atomic E-state index is 0.692. The first-order valence-electron chi connectivity index (χ1n) is 6.81. The third-order valence-corrected chi connectivity index (χ3v) is 3.40. The first-order valence-corrected chi connectivity index (χ1v) is 6.81. The summed E-state index contributed by atoms with van der Waals surface area (Å²) >= 11 is 0. The van der Waals surface area contributed by atoms with Gasteiger partial charge in [0.05, 0.1) is 6.61 Å². The minimum Gasteiger partial charge on any atom is -0.383 e. The second-order valence-electron chi connectivity index (χ2n) is 4.87. The van der Waals surface area contributed by atoms with Gasteiger partial charge in [0.15, 0.2) is 0 Å². The average Bonchev–Trinajstić information content (AvgIpc) is 2.42. The summed E-state index contributed by atoms with van der Waals surface area (Å²) in [4.78, 5) is 0. The fourth-order valence-corrected chi connectivity index (χ4v) is 2.19. The Morgan fingerprint density at radius 2 is 2.06 bits per heavy atom. The Hall–Kier alpha value is -1.06. The maximum Gasteiger partial charge on any atom is 0.0639 e. The highest BCUT2D eigenvalue weighted by Gasteiger charge is 2.13. The van der Waals surface area contributed by atoms with E-state index in [-0.39, 0.29) is 0 Å². The van der Waals surface area contributed by atoms with Crippen LogP contribution in [0.1, 0.15) is 18.4 Å². The molecule has 0 unspecified atom stereocenters. The van der Waals surface area contributed by atoms with Gasteiger partial charge in [0.25, 0.3) is 0 Å². The van der Waals surface area contributed by atoms with E-state index in [0.29, 0.717) is 5.92 Å². The zero-order valence-corrected chi connectivity index (χ0v) is 11.2. The Kier molecular flexibility index (Phi) is 5.49. The van der Waals surface area contributed by atoms with Crippen LogP contribution in [0.2, 0.25) is 0 Å². The van der Waals surface area contributed by atoms with Crippen LogP contribution in [-0.2, 0) is 9.47 Å². The molecule has 0 amide bonds. The molecule has 0 aromatic heterocycles. The van der Waals surface area contributed by atoms with Crippen LogP contribution in [0, 0.1) is 12.8 Å². The molecule has 0 bridgehead atoms. The van der Waals surface area contributed by atoms with E-state index in [4.69, 9.17) is 9.47 Å². The molecule has 1 saturated heterocycles. The van der Waals surface area contributed by atoms with Gasteiger partial charge in [-0.05, 0) is 37.3 Å². The molecule has 0 atom stereocenters. The molecule has 18 heavy (non-hydrogen) atoms. The Morgan fingerprint density at radius 1 is 1.28 bits per heavy atom. The number of hydrogen-bond acceptors (Lipinski definition) is 3. The molecule has 1 aromatic carbocycles. The van der Waals surface area contributed by atoms with Gasteiger partial charge < -0.3 is 14.8 Å². The van der Waals surface area contributed by atoms with Crippen LogP contribution in [0.15, 0.2) is 24.3 Å². The molecule has 1 aliphatic rings. The highest BCUT2D eigenvalue weighted by atomic mass is 16.5. The van der Waals surface area contributed by atoms with Crippen molar-refractivity contribution in [2.45, 2.75) is 19.8 Å². The summed E-state index contributed by atoms with van der Waals surface area (Å²) in [5, 5.41) is 3.40. The monoisotopic (exact) mass is 249 g/mol. The number of ether oxygens (including phenoxy) is 2. The van der Waals surface area contributed by atoms with E-state index < -0.39 is 0 Å². The van der Waals surface area contributed by atoms with Crippen molar-refractivity contribution in [1.29, 1.82) is 0 Å². The predicted octanol–water partition coefficient (Wildman–Crippen LogP) is 2.85. The Labute approximate surface area is 109 Å².